The molecule has 1 saturated heterocycles. The molecule has 1 fully saturated rings. The molecule has 0 spiro atoms. The Morgan fingerprint density at radius 1 is 1.21 bits per heavy atom. The van der Waals surface area contributed by atoms with Gasteiger partial charge in [-0.3, -0.25) is 4.79 Å². The monoisotopic (exact) mass is 325 g/mol. The molecule has 24 heavy (non-hydrogen) atoms. The van der Waals surface area contributed by atoms with Gasteiger partial charge in [-0.1, -0.05) is 24.3 Å². The van der Waals surface area contributed by atoms with Crippen LogP contribution in [-0.2, 0) is 11.3 Å². The molecule has 126 valence electrons. The summed E-state index contributed by atoms with van der Waals surface area (Å²) in [4.78, 5) is 21.3. The fourth-order valence-electron chi connectivity index (χ4n) is 2.91. The number of hydrogen-bond acceptors (Lipinski definition) is 4. The zero-order valence-corrected chi connectivity index (χ0v) is 14.2. The van der Waals surface area contributed by atoms with Gasteiger partial charge in [0.05, 0.1) is 18.8 Å². The van der Waals surface area contributed by atoms with E-state index in [2.05, 4.69) is 28.9 Å². The lowest BCUT2D eigenvalue weighted by Gasteiger charge is -2.30. The number of nitrogens with zero attached hydrogens (tertiary/aromatic N) is 3. The molecule has 0 atom stereocenters. The third kappa shape index (κ3) is 3.57. The third-order valence-corrected chi connectivity index (χ3v) is 4.34. The van der Waals surface area contributed by atoms with Crippen molar-refractivity contribution < 1.29 is 9.53 Å². The van der Waals surface area contributed by atoms with Crippen LogP contribution in [0.15, 0.2) is 42.6 Å². The molecule has 2 heterocycles. The van der Waals surface area contributed by atoms with Crippen molar-refractivity contribution in [3.63, 3.8) is 0 Å². The Bertz CT molecular complexity index is 711. The van der Waals surface area contributed by atoms with E-state index in [1.807, 2.05) is 31.3 Å². The number of rotatable bonds is 4. The number of aryl methyl sites for hydroxylation is 1. The van der Waals surface area contributed by atoms with Crippen molar-refractivity contribution in [1.29, 1.82) is 0 Å². The molecule has 5 heteroatoms. The van der Waals surface area contributed by atoms with Gasteiger partial charge in [-0.25, -0.2) is 4.98 Å². The number of morpholine rings is 1. The predicted octanol–water partition coefficient (Wildman–Crippen LogP) is 2.50. The van der Waals surface area contributed by atoms with Crippen LogP contribution in [0, 0.1) is 6.92 Å². The summed E-state index contributed by atoms with van der Waals surface area (Å²) in [6, 6.07) is 11.8. The van der Waals surface area contributed by atoms with E-state index in [0.29, 0.717) is 25.3 Å². The van der Waals surface area contributed by atoms with Gasteiger partial charge < -0.3 is 14.5 Å². The second-order valence-corrected chi connectivity index (χ2v) is 6.06. The Labute approximate surface area is 142 Å². The number of benzene rings is 1. The van der Waals surface area contributed by atoms with Gasteiger partial charge in [0, 0.05) is 32.9 Å². The van der Waals surface area contributed by atoms with Crippen LogP contribution in [-0.4, -0.2) is 49.1 Å². The maximum Gasteiger partial charge on any atom is 0.257 e. The van der Waals surface area contributed by atoms with Crippen LogP contribution in [0.1, 0.15) is 21.5 Å². The summed E-state index contributed by atoms with van der Waals surface area (Å²) in [5.74, 6) is 0.746. The lowest BCUT2D eigenvalue weighted by molar-refractivity contribution is 0.0783. The largest absolute Gasteiger partial charge is 0.378 e. The Balaban J connectivity index is 1.80. The van der Waals surface area contributed by atoms with Gasteiger partial charge >= 0.3 is 0 Å². The summed E-state index contributed by atoms with van der Waals surface area (Å²) >= 11 is 0. The third-order valence-electron chi connectivity index (χ3n) is 4.34. The van der Waals surface area contributed by atoms with Crippen molar-refractivity contribution in [3.8, 4) is 0 Å². The number of hydrogen-bond donors (Lipinski definition) is 0. The van der Waals surface area contributed by atoms with Gasteiger partial charge in [0.15, 0.2) is 0 Å². The molecule has 1 aliphatic rings. The minimum atomic E-state index is -0.00663. The van der Waals surface area contributed by atoms with Gasteiger partial charge in [-0.05, 0) is 30.2 Å². The van der Waals surface area contributed by atoms with Gasteiger partial charge in [0.1, 0.15) is 5.82 Å². The quantitative estimate of drug-likeness (QED) is 0.866. The molecule has 1 amide bonds. The van der Waals surface area contributed by atoms with Crippen LogP contribution < -0.4 is 4.90 Å². The summed E-state index contributed by atoms with van der Waals surface area (Å²) in [5.41, 5.74) is 3.00. The molecule has 2 aromatic rings. The molecular weight excluding hydrogens is 302 g/mol. The Morgan fingerprint density at radius 2 is 1.96 bits per heavy atom. The van der Waals surface area contributed by atoms with E-state index in [1.165, 1.54) is 5.56 Å². The van der Waals surface area contributed by atoms with E-state index in [9.17, 15) is 4.79 Å². The Morgan fingerprint density at radius 3 is 2.71 bits per heavy atom. The molecule has 0 unspecified atom stereocenters. The van der Waals surface area contributed by atoms with Gasteiger partial charge in [-0.15, -0.1) is 0 Å². The van der Waals surface area contributed by atoms with Crippen LogP contribution >= 0.6 is 0 Å². The molecule has 0 bridgehead atoms. The second kappa shape index (κ2) is 7.45. The SMILES string of the molecule is Cc1ccccc1CN(C)C(=O)c1cccnc1N1CCOCC1. The fourth-order valence-corrected chi connectivity index (χ4v) is 2.91. The van der Waals surface area contributed by atoms with Crippen molar-refractivity contribution in [2.45, 2.75) is 13.5 Å². The van der Waals surface area contributed by atoms with Crippen LogP contribution in [0.2, 0.25) is 0 Å². The molecule has 0 radical (unpaired) electrons. The second-order valence-electron chi connectivity index (χ2n) is 6.06. The number of carbonyl (C=O) groups excluding carboxylic acids is 1. The Hall–Kier alpha value is -2.40. The highest BCUT2D eigenvalue weighted by molar-refractivity contribution is 5.98. The number of anilines is 1. The van der Waals surface area contributed by atoms with E-state index >= 15 is 0 Å². The molecule has 1 aromatic carbocycles. The van der Waals surface area contributed by atoms with Crippen molar-refractivity contribution >= 4 is 11.7 Å². The molecule has 1 aliphatic heterocycles. The first kappa shape index (κ1) is 16.5. The standard InChI is InChI=1S/C19H23N3O2/c1-15-6-3-4-7-16(15)14-21(2)19(23)17-8-5-9-20-18(17)22-10-12-24-13-11-22/h3-9H,10-14H2,1-2H3. The fraction of sp³-hybridized carbons (Fsp3) is 0.368. The Kier molecular flexibility index (Phi) is 5.11. The van der Waals surface area contributed by atoms with Crippen molar-refractivity contribution in [2.24, 2.45) is 0 Å². The maximum atomic E-state index is 13.0. The van der Waals surface area contributed by atoms with Crippen LogP contribution in [0.3, 0.4) is 0 Å². The summed E-state index contributed by atoms with van der Waals surface area (Å²) in [7, 11) is 1.84. The number of carbonyl (C=O) groups is 1. The first-order valence-corrected chi connectivity index (χ1v) is 8.24. The highest BCUT2D eigenvalue weighted by Crippen LogP contribution is 2.21. The van der Waals surface area contributed by atoms with Crippen LogP contribution in [0.4, 0.5) is 5.82 Å². The first-order valence-electron chi connectivity index (χ1n) is 8.24. The number of amides is 1. The maximum absolute atomic E-state index is 13.0. The number of aromatic nitrogens is 1. The van der Waals surface area contributed by atoms with E-state index < -0.39 is 0 Å². The summed E-state index contributed by atoms with van der Waals surface area (Å²) in [6.45, 7) is 5.52. The van der Waals surface area contributed by atoms with E-state index in [0.717, 1.165) is 24.5 Å². The molecule has 0 saturated carbocycles. The minimum absolute atomic E-state index is 0.00663. The van der Waals surface area contributed by atoms with E-state index in [1.54, 1.807) is 11.1 Å². The number of ether oxygens (including phenoxy) is 1. The molecule has 1 aromatic heterocycles. The van der Waals surface area contributed by atoms with Crippen LogP contribution in [0.5, 0.6) is 0 Å². The average Bonchev–Trinajstić information content (AvgIpc) is 2.63. The summed E-state index contributed by atoms with van der Waals surface area (Å²) < 4.78 is 5.40. The smallest absolute Gasteiger partial charge is 0.257 e. The molecule has 0 N–H and O–H groups in total. The highest BCUT2D eigenvalue weighted by Gasteiger charge is 2.22. The minimum Gasteiger partial charge on any atom is -0.378 e. The van der Waals surface area contributed by atoms with Crippen molar-refractivity contribution in [2.75, 3.05) is 38.3 Å². The van der Waals surface area contributed by atoms with Crippen molar-refractivity contribution in [1.82, 2.24) is 9.88 Å². The lowest BCUT2D eigenvalue weighted by atomic mass is 10.1. The predicted molar refractivity (Wildman–Crippen MR) is 94.2 cm³/mol. The highest BCUT2D eigenvalue weighted by atomic mass is 16.5. The van der Waals surface area contributed by atoms with E-state index in [-0.39, 0.29) is 5.91 Å². The van der Waals surface area contributed by atoms with Gasteiger partial charge in [0.2, 0.25) is 0 Å². The molecule has 0 aliphatic carbocycles. The molecular formula is C19H23N3O2. The zero-order chi connectivity index (χ0) is 16.9. The van der Waals surface area contributed by atoms with Gasteiger partial charge in [0.25, 0.3) is 5.91 Å². The molecule has 3 rings (SSSR count). The molecule has 5 nitrogen and oxygen atoms in total. The summed E-state index contributed by atoms with van der Waals surface area (Å²) in [6.07, 6.45) is 1.74. The first-order chi connectivity index (χ1) is 11.7. The summed E-state index contributed by atoms with van der Waals surface area (Å²) in [5, 5.41) is 0. The normalized spacial score (nSPS) is 14.5. The topological polar surface area (TPSA) is 45.7 Å². The van der Waals surface area contributed by atoms with Crippen LogP contribution in [0.25, 0.3) is 0 Å². The average molecular weight is 325 g/mol. The van der Waals surface area contributed by atoms with E-state index in [4.69, 9.17) is 4.74 Å². The lowest BCUT2D eigenvalue weighted by Crippen LogP contribution is -2.38. The zero-order valence-electron chi connectivity index (χ0n) is 14.2. The van der Waals surface area contributed by atoms with Gasteiger partial charge in [-0.2, -0.15) is 0 Å². The van der Waals surface area contributed by atoms with Crippen molar-refractivity contribution in [3.05, 3.63) is 59.3 Å². The number of pyridine rings is 1.